The third-order valence-corrected chi connectivity index (χ3v) is 7.37. The van der Waals surface area contributed by atoms with E-state index in [9.17, 15) is 4.79 Å². The topological polar surface area (TPSA) is 81.3 Å². The standard InChI is InChI=1S/C19H26N4O2S/c1-11-12(2)21-22-17-14(11)15(20)16(26-17)18(24)23-9-19(10-23,25-3)13-7-5-4-6-8-13/h13H,4-10,20H2,1-3H3. The van der Waals surface area contributed by atoms with E-state index in [4.69, 9.17) is 10.5 Å². The average Bonchev–Trinajstić information content (AvgIpc) is 2.96. The first-order valence-electron chi connectivity index (χ1n) is 9.33. The Bertz CT molecular complexity index is 851. The van der Waals surface area contributed by atoms with Crippen LogP contribution in [0.5, 0.6) is 0 Å². The van der Waals surface area contributed by atoms with Gasteiger partial charge in [0.05, 0.1) is 24.5 Å². The van der Waals surface area contributed by atoms with Crippen LogP contribution in [-0.4, -0.2) is 46.8 Å². The van der Waals surface area contributed by atoms with Gasteiger partial charge in [-0.3, -0.25) is 4.79 Å². The molecule has 2 N–H and O–H groups in total. The quantitative estimate of drug-likeness (QED) is 0.891. The lowest BCUT2D eigenvalue weighted by Gasteiger charge is -2.54. The summed E-state index contributed by atoms with van der Waals surface area (Å²) >= 11 is 1.35. The van der Waals surface area contributed by atoms with Gasteiger partial charge in [0.1, 0.15) is 15.3 Å². The van der Waals surface area contributed by atoms with Gasteiger partial charge in [-0.2, -0.15) is 5.10 Å². The Balaban J connectivity index is 1.57. The van der Waals surface area contributed by atoms with E-state index in [1.54, 1.807) is 7.11 Å². The summed E-state index contributed by atoms with van der Waals surface area (Å²) in [6.07, 6.45) is 6.26. The summed E-state index contributed by atoms with van der Waals surface area (Å²) in [5.74, 6) is 0.548. The predicted molar refractivity (Wildman–Crippen MR) is 104 cm³/mol. The van der Waals surface area contributed by atoms with Crippen molar-refractivity contribution in [3.05, 3.63) is 16.1 Å². The number of fused-ring (bicyclic) bond motifs is 1. The first-order chi connectivity index (χ1) is 12.5. The summed E-state index contributed by atoms with van der Waals surface area (Å²) in [6, 6.07) is 0. The van der Waals surface area contributed by atoms with Crippen LogP contribution in [0.25, 0.3) is 10.2 Å². The van der Waals surface area contributed by atoms with Crippen molar-refractivity contribution in [2.45, 2.75) is 51.6 Å². The van der Waals surface area contributed by atoms with Crippen molar-refractivity contribution in [3.8, 4) is 0 Å². The van der Waals surface area contributed by atoms with Gasteiger partial charge in [-0.15, -0.1) is 16.4 Å². The molecule has 2 aromatic heterocycles. The zero-order chi connectivity index (χ0) is 18.5. The van der Waals surface area contributed by atoms with Gasteiger partial charge in [0.25, 0.3) is 5.91 Å². The number of carbonyl (C=O) groups excluding carboxylic acids is 1. The Hall–Kier alpha value is -1.73. The highest BCUT2D eigenvalue weighted by atomic mass is 32.1. The molecular formula is C19H26N4O2S. The molecule has 0 unspecified atom stereocenters. The van der Waals surface area contributed by atoms with E-state index in [1.807, 2.05) is 18.7 Å². The maximum absolute atomic E-state index is 13.1. The summed E-state index contributed by atoms with van der Waals surface area (Å²) < 4.78 is 5.91. The van der Waals surface area contributed by atoms with Gasteiger partial charge >= 0.3 is 0 Å². The van der Waals surface area contributed by atoms with Crippen molar-refractivity contribution in [2.24, 2.45) is 5.92 Å². The van der Waals surface area contributed by atoms with E-state index < -0.39 is 0 Å². The number of carbonyl (C=O) groups is 1. The van der Waals surface area contributed by atoms with E-state index in [2.05, 4.69) is 10.2 Å². The van der Waals surface area contributed by atoms with Gasteiger partial charge in [0.15, 0.2) is 0 Å². The Morgan fingerprint density at radius 3 is 2.58 bits per heavy atom. The normalized spacial score (nSPS) is 20.3. The van der Waals surface area contributed by atoms with Crippen molar-refractivity contribution in [1.82, 2.24) is 15.1 Å². The number of anilines is 1. The number of thiophene rings is 1. The molecule has 1 saturated heterocycles. The molecule has 3 heterocycles. The number of aryl methyl sites for hydroxylation is 2. The minimum absolute atomic E-state index is 0.00830. The summed E-state index contributed by atoms with van der Waals surface area (Å²) in [4.78, 5) is 16.2. The zero-order valence-corrected chi connectivity index (χ0v) is 16.5. The first-order valence-corrected chi connectivity index (χ1v) is 10.1. The van der Waals surface area contributed by atoms with Gasteiger partial charge < -0.3 is 15.4 Å². The lowest BCUT2D eigenvalue weighted by molar-refractivity contribution is -0.150. The molecule has 1 aliphatic carbocycles. The SMILES string of the molecule is COC1(C2CCCCC2)CN(C(=O)c2sc3nnc(C)c(C)c3c2N)C1. The van der Waals surface area contributed by atoms with Gasteiger partial charge in [-0.25, -0.2) is 0 Å². The molecule has 1 amide bonds. The van der Waals surface area contributed by atoms with Crippen LogP contribution in [0.3, 0.4) is 0 Å². The fourth-order valence-corrected chi connectivity index (χ4v) is 5.54. The van der Waals surface area contributed by atoms with Gasteiger partial charge in [-0.1, -0.05) is 19.3 Å². The molecule has 0 spiro atoms. The van der Waals surface area contributed by atoms with Gasteiger partial charge in [0.2, 0.25) is 0 Å². The van der Waals surface area contributed by atoms with E-state index in [-0.39, 0.29) is 11.5 Å². The second-order valence-electron chi connectivity index (χ2n) is 7.70. The average molecular weight is 375 g/mol. The summed E-state index contributed by atoms with van der Waals surface area (Å²) in [6.45, 7) is 5.20. The number of aromatic nitrogens is 2. The van der Waals surface area contributed by atoms with Crippen molar-refractivity contribution in [3.63, 3.8) is 0 Å². The predicted octanol–water partition coefficient (Wildman–Crippen LogP) is 3.31. The van der Waals surface area contributed by atoms with Crippen LogP contribution >= 0.6 is 11.3 Å². The van der Waals surface area contributed by atoms with Gasteiger partial charge in [0, 0.05) is 12.5 Å². The number of hydrogen-bond acceptors (Lipinski definition) is 6. The number of methoxy groups -OCH3 is 1. The molecule has 6 nitrogen and oxygen atoms in total. The van der Waals surface area contributed by atoms with Crippen LogP contribution in [0, 0.1) is 19.8 Å². The maximum atomic E-state index is 13.1. The number of hydrogen-bond donors (Lipinski definition) is 1. The summed E-state index contributed by atoms with van der Waals surface area (Å²) in [5, 5.41) is 9.25. The Morgan fingerprint density at radius 1 is 1.23 bits per heavy atom. The van der Waals surface area contributed by atoms with Crippen molar-refractivity contribution in [1.29, 1.82) is 0 Å². The number of likely N-dealkylation sites (tertiary alicyclic amines) is 1. The van der Waals surface area contributed by atoms with Crippen molar-refractivity contribution < 1.29 is 9.53 Å². The van der Waals surface area contributed by atoms with Crippen LogP contribution < -0.4 is 5.73 Å². The second kappa shape index (κ2) is 6.46. The lowest BCUT2D eigenvalue weighted by atomic mass is 9.72. The maximum Gasteiger partial charge on any atom is 0.266 e. The lowest BCUT2D eigenvalue weighted by Crippen LogP contribution is -2.68. The Labute approximate surface area is 157 Å². The highest BCUT2D eigenvalue weighted by Crippen LogP contribution is 2.43. The van der Waals surface area contributed by atoms with E-state index >= 15 is 0 Å². The molecule has 2 fully saturated rings. The molecule has 0 aromatic carbocycles. The fourth-order valence-electron chi connectivity index (χ4n) is 4.47. The van der Waals surface area contributed by atoms with E-state index in [0.717, 1.165) is 21.5 Å². The molecule has 0 bridgehead atoms. The molecular weight excluding hydrogens is 348 g/mol. The third kappa shape index (κ3) is 2.60. The van der Waals surface area contributed by atoms with Crippen LogP contribution in [0.15, 0.2) is 0 Å². The molecule has 7 heteroatoms. The second-order valence-corrected chi connectivity index (χ2v) is 8.70. The number of ether oxygens (including phenoxy) is 1. The molecule has 1 saturated carbocycles. The number of rotatable bonds is 3. The zero-order valence-electron chi connectivity index (χ0n) is 15.7. The smallest absolute Gasteiger partial charge is 0.266 e. The minimum atomic E-state index is -0.173. The number of nitrogen functional groups attached to an aromatic ring is 1. The van der Waals surface area contributed by atoms with E-state index in [0.29, 0.717) is 29.6 Å². The van der Waals surface area contributed by atoms with Crippen LogP contribution in [0.1, 0.15) is 53.0 Å². The minimum Gasteiger partial charge on any atom is -0.397 e. The van der Waals surface area contributed by atoms with Crippen LogP contribution in [-0.2, 0) is 4.74 Å². The molecule has 140 valence electrons. The first kappa shape index (κ1) is 17.7. The third-order valence-electron chi connectivity index (χ3n) is 6.29. The van der Waals surface area contributed by atoms with Crippen LogP contribution in [0.4, 0.5) is 5.69 Å². The molecule has 1 aliphatic heterocycles. The van der Waals surface area contributed by atoms with E-state index in [1.165, 1.54) is 43.4 Å². The largest absolute Gasteiger partial charge is 0.397 e. The highest BCUT2D eigenvalue weighted by molar-refractivity contribution is 7.21. The molecule has 0 radical (unpaired) electrons. The molecule has 0 atom stereocenters. The van der Waals surface area contributed by atoms with Crippen molar-refractivity contribution in [2.75, 3.05) is 25.9 Å². The van der Waals surface area contributed by atoms with Gasteiger partial charge in [-0.05, 0) is 38.2 Å². The number of amides is 1. The monoisotopic (exact) mass is 374 g/mol. The summed E-state index contributed by atoms with van der Waals surface area (Å²) in [5.41, 5.74) is 8.55. The van der Waals surface area contributed by atoms with Crippen molar-refractivity contribution >= 4 is 33.1 Å². The van der Waals surface area contributed by atoms with Crippen LogP contribution in [0.2, 0.25) is 0 Å². The highest BCUT2D eigenvalue weighted by Gasteiger charge is 2.51. The number of nitrogens with two attached hydrogens (primary N) is 1. The fraction of sp³-hybridized carbons (Fsp3) is 0.632. The molecule has 2 aliphatic rings. The molecule has 2 aromatic rings. The Morgan fingerprint density at radius 2 is 1.92 bits per heavy atom. The molecule has 4 rings (SSSR count). The summed E-state index contributed by atoms with van der Waals surface area (Å²) in [7, 11) is 1.78. The number of nitrogens with zero attached hydrogens (tertiary/aromatic N) is 3. The Kier molecular flexibility index (Phi) is 4.39. The molecule has 26 heavy (non-hydrogen) atoms.